The Morgan fingerprint density at radius 3 is 2.43 bits per heavy atom. The molecule has 6 aliphatic heterocycles. The predicted octanol–water partition coefficient (Wildman–Crippen LogP) is 6.66. The second kappa shape index (κ2) is 22.4. The maximum Gasteiger partial charge on any atom is 0.325 e. The highest BCUT2D eigenvalue weighted by atomic mass is 32.1. The Morgan fingerprint density at radius 2 is 1.71 bits per heavy atom. The van der Waals surface area contributed by atoms with Gasteiger partial charge in [-0.1, -0.05) is 45.6 Å². The van der Waals surface area contributed by atoms with Crippen molar-refractivity contribution >= 4 is 45.7 Å². The molecule has 0 spiro atoms. The molecule has 406 valence electrons. The van der Waals surface area contributed by atoms with Gasteiger partial charge in [-0.15, -0.1) is 11.3 Å². The lowest BCUT2D eigenvalue weighted by Gasteiger charge is -2.52. The molecule has 2 aliphatic carbocycles. The van der Waals surface area contributed by atoms with Crippen LogP contribution in [0.1, 0.15) is 101 Å². The number of methoxy groups -OCH3 is 1. The Bertz CT molecular complexity index is 2890. The minimum absolute atomic E-state index is 0.00529. The van der Waals surface area contributed by atoms with E-state index >= 15 is 4.79 Å². The summed E-state index contributed by atoms with van der Waals surface area (Å²) in [6.07, 6.45) is 5.08. The number of fused-ring (bicyclic) bond motifs is 4. The Balaban J connectivity index is 1.08. The molecule has 7 fully saturated rings. The third-order valence-electron chi connectivity index (χ3n) is 17.2. The summed E-state index contributed by atoms with van der Waals surface area (Å²) in [5.74, 6) is 5.96. The number of ether oxygens (including phenoxy) is 6. The molecule has 8 aliphatic rings. The van der Waals surface area contributed by atoms with Crippen LogP contribution in [0.5, 0.6) is 0 Å². The lowest BCUT2D eigenvalue weighted by atomic mass is 9.73. The first-order valence-electron chi connectivity index (χ1n) is 27.6. The van der Waals surface area contributed by atoms with Crippen molar-refractivity contribution in [3.63, 3.8) is 0 Å². The topological polar surface area (TPSA) is 171 Å². The molecule has 76 heavy (non-hydrogen) atoms. The third-order valence-corrected chi connectivity index (χ3v) is 18.1. The fourth-order valence-electron chi connectivity index (χ4n) is 12.2. The van der Waals surface area contributed by atoms with E-state index in [1.807, 2.05) is 13.1 Å². The number of hydrogen-bond acceptors (Lipinski definition) is 15. The zero-order valence-corrected chi connectivity index (χ0v) is 46.0. The van der Waals surface area contributed by atoms with Crippen LogP contribution < -0.4 is 5.43 Å². The van der Waals surface area contributed by atoms with Gasteiger partial charge >= 0.3 is 5.97 Å². The van der Waals surface area contributed by atoms with Crippen LogP contribution in [0.3, 0.4) is 0 Å². The van der Waals surface area contributed by atoms with Crippen molar-refractivity contribution in [2.24, 2.45) is 34.1 Å². The molecule has 1 N–H and O–H groups in total. The Hall–Kier alpha value is -4.94. The maximum atomic E-state index is 15.3. The van der Waals surface area contributed by atoms with E-state index < -0.39 is 29.4 Å². The van der Waals surface area contributed by atoms with Crippen molar-refractivity contribution < 1.29 is 42.8 Å². The van der Waals surface area contributed by atoms with Crippen molar-refractivity contribution in [2.45, 2.75) is 117 Å². The Labute approximate surface area is 450 Å². The number of rotatable bonds is 10. The molecular formula is C58H74N8O9S. The second-order valence-corrected chi connectivity index (χ2v) is 23.7. The molecule has 4 aromatic rings. The van der Waals surface area contributed by atoms with E-state index in [0.29, 0.717) is 90.2 Å². The van der Waals surface area contributed by atoms with Crippen LogP contribution in [0, 0.1) is 40.9 Å². The molecule has 8 bridgehead atoms. The smallest absolute Gasteiger partial charge is 0.325 e. The van der Waals surface area contributed by atoms with Crippen LogP contribution in [-0.2, 0) is 55.8 Å². The summed E-state index contributed by atoms with van der Waals surface area (Å²) in [7, 11) is 1.71. The summed E-state index contributed by atoms with van der Waals surface area (Å²) in [4.78, 5) is 63.9. The standard InChI is InChI=1S/C58H74N8O9S/c1-34(63-14-21-72-22-15-63)8-9-38-26-44(49(59-31-38)37(4)70-7)52-45-30-58(5,6)33-75-57(69)50-40-27-41(28-40)66(62-50)56(68)51(61-54(67)48-35(2)36(48)3)53(64-16-23-73-24-17-64)55-60-46(32-76-55)39-10-11-47(43(45)29-39)65(52)18-25-74-42-12-19-71-20-13-42/h10-11,26,29,31-32,34-37,40-42,48,50,53,62H,12-25,27-28,30,33H2,1-7H3/t34-,35-,36+,37+,40?,41?,48?,50+,53+/m1/s1. The lowest BCUT2D eigenvalue weighted by Crippen LogP contribution is -2.70. The molecule has 2 amide bonds. The van der Waals surface area contributed by atoms with Gasteiger partial charge in [-0.25, -0.2) is 15.4 Å². The molecule has 2 saturated carbocycles. The summed E-state index contributed by atoms with van der Waals surface area (Å²) in [6, 6.07) is 7.06. The van der Waals surface area contributed by atoms with E-state index in [0.717, 1.165) is 76.2 Å². The minimum atomic E-state index is -0.757. The number of hydrogen-bond donors (Lipinski definition) is 1. The molecule has 1 unspecified atom stereocenters. The number of aliphatic imine (C=N–C) groups is 1. The van der Waals surface area contributed by atoms with Gasteiger partial charge in [0.15, 0.2) is 0 Å². The normalized spacial score (nSPS) is 28.8. The molecule has 3 aromatic heterocycles. The molecule has 12 rings (SSSR count). The summed E-state index contributed by atoms with van der Waals surface area (Å²) in [5, 5.41) is 5.30. The van der Waals surface area contributed by atoms with E-state index in [9.17, 15) is 9.59 Å². The SMILES string of the molecule is CO[C@@H](C)c1ncc(C#C[C@@H](C)N2CCOCC2)cc1-c1c2c3cc(ccc3n1CCOC1CCOCC1)-c1csc(n1)[C@@H](N1CCOCC1)C(=NC(=O)C1[C@@H](C)[C@H]1C)C(=O)N1N[C@H](C(=O)OCC(C)(C)C2)C2CC1C2. The van der Waals surface area contributed by atoms with Crippen LogP contribution in [0.2, 0.25) is 0 Å². The van der Waals surface area contributed by atoms with E-state index in [4.69, 9.17) is 43.4 Å². The number of thiazole rings is 1. The first kappa shape index (κ1) is 53.1. The summed E-state index contributed by atoms with van der Waals surface area (Å²) >= 11 is 1.47. The molecule has 7 atom stereocenters. The van der Waals surface area contributed by atoms with Gasteiger partial charge in [-0.3, -0.25) is 34.2 Å². The fourth-order valence-corrected chi connectivity index (χ4v) is 13.1. The number of benzene rings is 1. The van der Waals surface area contributed by atoms with Crippen LogP contribution in [0.15, 0.2) is 40.8 Å². The monoisotopic (exact) mass is 1060 g/mol. The van der Waals surface area contributed by atoms with Gasteiger partial charge in [0.05, 0.1) is 75.0 Å². The van der Waals surface area contributed by atoms with E-state index in [1.165, 1.54) is 11.3 Å². The van der Waals surface area contributed by atoms with Gasteiger partial charge in [0.2, 0.25) is 5.91 Å². The van der Waals surface area contributed by atoms with Gasteiger partial charge in [0, 0.05) is 110 Å². The first-order valence-corrected chi connectivity index (χ1v) is 28.5. The molecule has 18 heteroatoms. The molecule has 17 nitrogen and oxygen atoms in total. The number of carbonyl (C=O) groups is 3. The zero-order valence-electron chi connectivity index (χ0n) is 45.2. The average Bonchev–Trinajstić information content (AvgIpc) is 3.68. The zero-order chi connectivity index (χ0) is 52.8. The molecule has 1 aromatic carbocycles. The number of nitrogens with one attached hydrogen (secondary N) is 1. The fraction of sp³-hybridized carbons (Fsp3) is 0.621. The number of hydrazine groups is 1. The molecular weight excluding hydrogens is 985 g/mol. The number of nitrogens with zero attached hydrogens (tertiary/aromatic N) is 7. The first-order chi connectivity index (χ1) is 36.8. The highest BCUT2D eigenvalue weighted by Crippen LogP contribution is 2.47. The van der Waals surface area contributed by atoms with Gasteiger partial charge < -0.3 is 33.0 Å². The number of cyclic esters (lactones) is 1. The Morgan fingerprint density at radius 1 is 0.987 bits per heavy atom. The number of pyridine rings is 1. The minimum Gasteiger partial charge on any atom is -0.464 e. The number of aromatic nitrogens is 3. The van der Waals surface area contributed by atoms with Crippen LogP contribution in [0.4, 0.5) is 0 Å². The van der Waals surface area contributed by atoms with Gasteiger partial charge in [0.1, 0.15) is 22.8 Å². The van der Waals surface area contributed by atoms with Crippen LogP contribution >= 0.6 is 11.3 Å². The third kappa shape index (κ3) is 10.8. The van der Waals surface area contributed by atoms with Gasteiger partial charge in [-0.05, 0) is 87.5 Å². The van der Waals surface area contributed by atoms with Gasteiger partial charge in [-0.2, -0.15) is 0 Å². The van der Waals surface area contributed by atoms with Crippen molar-refractivity contribution in [1.29, 1.82) is 0 Å². The van der Waals surface area contributed by atoms with E-state index in [1.54, 1.807) is 12.1 Å². The van der Waals surface area contributed by atoms with Crippen molar-refractivity contribution in [3.05, 3.63) is 57.7 Å². The maximum absolute atomic E-state index is 15.3. The molecule has 9 heterocycles. The number of morpholine rings is 2. The lowest BCUT2D eigenvalue weighted by molar-refractivity contribution is -0.167. The van der Waals surface area contributed by atoms with Crippen molar-refractivity contribution in [1.82, 2.24) is 34.8 Å². The number of carbonyl (C=O) groups excluding carboxylic acids is 3. The average molecular weight is 1060 g/mol. The number of esters is 1. The molecule has 0 radical (unpaired) electrons. The van der Waals surface area contributed by atoms with Crippen LogP contribution in [0.25, 0.3) is 33.4 Å². The van der Waals surface area contributed by atoms with Gasteiger partial charge in [0.25, 0.3) is 5.91 Å². The highest BCUT2D eigenvalue weighted by Gasteiger charge is 2.53. The second-order valence-electron chi connectivity index (χ2n) is 22.8. The number of amides is 2. The van der Waals surface area contributed by atoms with E-state index in [-0.39, 0.29) is 66.2 Å². The largest absolute Gasteiger partial charge is 0.464 e. The summed E-state index contributed by atoms with van der Waals surface area (Å²) in [5.41, 5.74) is 10.0. The summed E-state index contributed by atoms with van der Waals surface area (Å²) in [6.45, 7) is 20.0. The van der Waals surface area contributed by atoms with Crippen LogP contribution in [-0.4, -0.2) is 163 Å². The molecule has 5 saturated heterocycles. The van der Waals surface area contributed by atoms with Crippen molar-refractivity contribution in [2.75, 3.05) is 86.1 Å². The predicted molar refractivity (Wildman–Crippen MR) is 288 cm³/mol. The summed E-state index contributed by atoms with van der Waals surface area (Å²) < 4.78 is 38.7. The Kier molecular flexibility index (Phi) is 15.7. The quantitative estimate of drug-likeness (QED) is 0.132. The van der Waals surface area contributed by atoms with Crippen molar-refractivity contribution in [3.8, 4) is 34.4 Å². The highest BCUT2D eigenvalue weighted by molar-refractivity contribution is 7.10. The van der Waals surface area contributed by atoms with E-state index in [2.05, 4.69) is 95.9 Å².